The van der Waals surface area contributed by atoms with E-state index in [0.29, 0.717) is 15.4 Å². The number of anilines is 1. The molecule has 5 nitrogen and oxygen atoms in total. The van der Waals surface area contributed by atoms with Crippen molar-refractivity contribution in [2.24, 2.45) is 0 Å². The number of amides is 3. The summed E-state index contributed by atoms with van der Waals surface area (Å²) in [4.78, 5) is 24.6. The van der Waals surface area contributed by atoms with Crippen molar-refractivity contribution in [1.82, 2.24) is 4.90 Å². The third kappa shape index (κ3) is 2.71. The fourth-order valence-electron chi connectivity index (χ4n) is 1.83. The van der Waals surface area contributed by atoms with E-state index in [4.69, 9.17) is 5.26 Å². The first kappa shape index (κ1) is 13.9. The van der Waals surface area contributed by atoms with Crippen LogP contribution in [0.2, 0.25) is 0 Å². The van der Waals surface area contributed by atoms with E-state index >= 15 is 0 Å². The molecule has 8 heteroatoms. The van der Waals surface area contributed by atoms with Crippen LogP contribution in [0.25, 0.3) is 0 Å². The first-order chi connectivity index (χ1) is 9.31. The minimum atomic E-state index is -4.56. The number of nitrogens with zero attached hydrogens (tertiary/aromatic N) is 3. The Morgan fingerprint density at radius 1 is 1.20 bits per heavy atom. The Labute approximate surface area is 111 Å². The molecule has 0 saturated carbocycles. The molecule has 1 aromatic rings. The molecule has 1 fully saturated rings. The summed E-state index contributed by atoms with van der Waals surface area (Å²) >= 11 is 0. The van der Waals surface area contributed by atoms with Crippen LogP contribution in [0.3, 0.4) is 0 Å². The molecule has 20 heavy (non-hydrogen) atoms. The Balaban J connectivity index is 2.22. The number of hydrogen-bond donors (Lipinski definition) is 0. The molecule has 1 aromatic carbocycles. The fourth-order valence-corrected chi connectivity index (χ4v) is 1.83. The molecule has 0 bridgehead atoms. The molecule has 0 radical (unpaired) electrons. The zero-order chi connectivity index (χ0) is 14.9. The van der Waals surface area contributed by atoms with Gasteiger partial charge in [0.2, 0.25) is 0 Å². The van der Waals surface area contributed by atoms with Gasteiger partial charge in [0.1, 0.15) is 13.1 Å². The number of imide groups is 1. The maximum atomic E-state index is 12.3. The summed E-state index contributed by atoms with van der Waals surface area (Å²) in [5.41, 5.74) is 0.462. The van der Waals surface area contributed by atoms with Crippen LogP contribution in [0.1, 0.15) is 5.56 Å². The van der Waals surface area contributed by atoms with Crippen molar-refractivity contribution in [3.05, 3.63) is 29.8 Å². The highest BCUT2D eigenvalue weighted by Gasteiger charge is 2.42. The lowest BCUT2D eigenvalue weighted by atomic mass is 10.2. The smallest absolute Gasteiger partial charge is 0.306 e. The van der Waals surface area contributed by atoms with Gasteiger partial charge in [-0.25, -0.2) is 9.69 Å². The molecule has 0 spiro atoms. The van der Waals surface area contributed by atoms with Gasteiger partial charge in [-0.2, -0.15) is 18.4 Å². The average Bonchev–Trinajstić information content (AvgIpc) is 2.63. The van der Waals surface area contributed by atoms with Gasteiger partial charge < -0.3 is 4.90 Å². The van der Waals surface area contributed by atoms with Crippen LogP contribution in [-0.2, 0) is 4.79 Å². The van der Waals surface area contributed by atoms with E-state index in [1.807, 2.05) is 6.07 Å². The zero-order valence-electron chi connectivity index (χ0n) is 10.0. The molecular weight excluding hydrogens is 275 g/mol. The van der Waals surface area contributed by atoms with Crippen LogP contribution in [0.5, 0.6) is 0 Å². The topological polar surface area (TPSA) is 64.4 Å². The van der Waals surface area contributed by atoms with E-state index < -0.39 is 31.2 Å². The second-order valence-electron chi connectivity index (χ2n) is 4.14. The highest BCUT2D eigenvalue weighted by atomic mass is 19.4. The van der Waals surface area contributed by atoms with E-state index in [-0.39, 0.29) is 5.69 Å². The molecule has 0 aliphatic carbocycles. The van der Waals surface area contributed by atoms with Crippen molar-refractivity contribution < 1.29 is 22.8 Å². The number of nitriles is 1. The van der Waals surface area contributed by atoms with E-state index in [1.165, 1.54) is 24.3 Å². The molecule has 1 aliphatic rings. The van der Waals surface area contributed by atoms with Crippen molar-refractivity contribution in [3.8, 4) is 6.07 Å². The van der Waals surface area contributed by atoms with Crippen LogP contribution in [0, 0.1) is 11.3 Å². The summed E-state index contributed by atoms with van der Waals surface area (Å²) < 4.78 is 36.8. The van der Waals surface area contributed by atoms with Crippen LogP contribution in [0.4, 0.5) is 23.7 Å². The van der Waals surface area contributed by atoms with E-state index in [9.17, 15) is 22.8 Å². The van der Waals surface area contributed by atoms with E-state index in [0.717, 1.165) is 0 Å². The summed E-state index contributed by atoms with van der Waals surface area (Å²) in [6.07, 6.45) is -4.56. The molecule has 0 N–H and O–H groups in total. The maximum absolute atomic E-state index is 12.3. The van der Waals surface area contributed by atoms with Gasteiger partial charge in [-0.15, -0.1) is 0 Å². The summed E-state index contributed by atoms with van der Waals surface area (Å²) in [7, 11) is 0. The lowest BCUT2D eigenvalue weighted by molar-refractivity contribution is -0.139. The van der Waals surface area contributed by atoms with Crippen LogP contribution >= 0.6 is 0 Å². The SMILES string of the molecule is N#Cc1ccc(N2C(=O)CN(CC(F)(F)F)C2=O)cc1. The monoisotopic (exact) mass is 283 g/mol. The molecule has 1 heterocycles. The third-order valence-electron chi connectivity index (χ3n) is 2.66. The Morgan fingerprint density at radius 3 is 2.30 bits per heavy atom. The molecule has 0 aromatic heterocycles. The number of rotatable bonds is 2. The minimum Gasteiger partial charge on any atom is -0.306 e. The van der Waals surface area contributed by atoms with Gasteiger partial charge in [0.15, 0.2) is 0 Å². The number of hydrogen-bond acceptors (Lipinski definition) is 3. The minimum absolute atomic E-state index is 0.142. The standard InChI is InChI=1S/C12H8F3N3O2/c13-12(14,15)7-17-6-10(19)18(11(17)20)9-3-1-8(5-16)2-4-9/h1-4H,6-7H2. The second kappa shape index (κ2) is 4.85. The molecular formula is C12H8F3N3O2. The zero-order valence-corrected chi connectivity index (χ0v) is 10.0. The molecule has 0 unspecified atom stereocenters. The number of halogens is 3. The van der Waals surface area contributed by atoms with Gasteiger partial charge >= 0.3 is 12.2 Å². The molecule has 2 rings (SSSR count). The van der Waals surface area contributed by atoms with Crippen molar-refractivity contribution in [3.63, 3.8) is 0 Å². The Bertz CT molecular complexity index is 589. The number of carbonyl (C=O) groups is 2. The fraction of sp³-hybridized carbons (Fsp3) is 0.250. The highest BCUT2D eigenvalue weighted by molar-refractivity contribution is 6.19. The lowest BCUT2D eigenvalue weighted by Gasteiger charge is -2.18. The number of alkyl halides is 3. The van der Waals surface area contributed by atoms with E-state index in [2.05, 4.69) is 0 Å². The van der Waals surface area contributed by atoms with Gasteiger partial charge in [0.25, 0.3) is 5.91 Å². The number of benzene rings is 1. The van der Waals surface area contributed by atoms with Gasteiger partial charge in [0, 0.05) is 0 Å². The van der Waals surface area contributed by atoms with Crippen molar-refractivity contribution in [2.75, 3.05) is 18.0 Å². The maximum Gasteiger partial charge on any atom is 0.406 e. The Kier molecular flexibility index (Phi) is 3.36. The first-order valence-corrected chi connectivity index (χ1v) is 5.50. The normalized spacial score (nSPS) is 15.7. The van der Waals surface area contributed by atoms with Crippen LogP contribution < -0.4 is 4.90 Å². The largest absolute Gasteiger partial charge is 0.406 e. The molecule has 104 valence electrons. The Hall–Kier alpha value is -2.56. The van der Waals surface area contributed by atoms with E-state index in [1.54, 1.807) is 0 Å². The van der Waals surface area contributed by atoms with Gasteiger partial charge in [-0.3, -0.25) is 4.79 Å². The summed E-state index contributed by atoms with van der Waals surface area (Å²) in [5.74, 6) is -0.732. The highest BCUT2D eigenvalue weighted by Crippen LogP contribution is 2.25. The quantitative estimate of drug-likeness (QED) is 0.778. The first-order valence-electron chi connectivity index (χ1n) is 5.50. The number of urea groups is 1. The van der Waals surface area contributed by atoms with Crippen LogP contribution in [-0.4, -0.2) is 36.1 Å². The predicted molar refractivity (Wildman–Crippen MR) is 61.7 cm³/mol. The number of carbonyl (C=O) groups excluding carboxylic acids is 2. The van der Waals surface area contributed by atoms with Gasteiger partial charge in [-0.1, -0.05) is 0 Å². The van der Waals surface area contributed by atoms with Gasteiger partial charge in [0.05, 0.1) is 17.3 Å². The summed E-state index contributed by atoms with van der Waals surface area (Å²) in [5, 5.41) is 8.64. The summed E-state index contributed by atoms with van der Waals surface area (Å²) in [6.45, 7) is -2.08. The average molecular weight is 283 g/mol. The third-order valence-corrected chi connectivity index (χ3v) is 2.66. The van der Waals surface area contributed by atoms with Crippen LogP contribution in [0.15, 0.2) is 24.3 Å². The molecule has 1 aliphatic heterocycles. The van der Waals surface area contributed by atoms with Crippen molar-refractivity contribution >= 4 is 17.6 Å². The Morgan fingerprint density at radius 2 is 1.80 bits per heavy atom. The summed E-state index contributed by atoms with van der Waals surface area (Å²) in [6, 6.07) is 6.27. The van der Waals surface area contributed by atoms with Crippen molar-refractivity contribution in [1.29, 1.82) is 5.26 Å². The second-order valence-corrected chi connectivity index (χ2v) is 4.14. The van der Waals surface area contributed by atoms with Crippen molar-refractivity contribution in [2.45, 2.75) is 6.18 Å². The lowest BCUT2D eigenvalue weighted by Crippen LogP contribution is -2.38. The predicted octanol–water partition coefficient (Wildman–Crippen LogP) is 1.89. The molecule has 0 atom stereocenters. The molecule has 3 amide bonds. The van der Waals surface area contributed by atoms with Gasteiger partial charge in [-0.05, 0) is 24.3 Å². The molecule has 1 saturated heterocycles.